The third-order valence-corrected chi connectivity index (χ3v) is 3.77. The predicted molar refractivity (Wildman–Crippen MR) is 80.5 cm³/mol. The first-order valence-corrected chi connectivity index (χ1v) is 7.54. The van der Waals surface area contributed by atoms with Crippen molar-refractivity contribution in [3.63, 3.8) is 0 Å². The molecule has 1 fully saturated rings. The maximum Gasteiger partial charge on any atom is 0.411 e. The summed E-state index contributed by atoms with van der Waals surface area (Å²) in [5, 5.41) is 9.39. The molecule has 0 N–H and O–H groups in total. The quantitative estimate of drug-likeness (QED) is 0.835. The Labute approximate surface area is 134 Å². The summed E-state index contributed by atoms with van der Waals surface area (Å²) in [4.78, 5) is 13.5. The zero-order valence-electron chi connectivity index (χ0n) is 13.5. The van der Waals surface area contributed by atoms with Gasteiger partial charge in [-0.25, -0.2) is 13.6 Å². The standard InChI is InChI=1S/C17H20F2N2O2/c1-17(2,3)23-16(22)21-7-6-11(15(21)10-20)8-12-9-13(18)4-5-14(12)19/h4-5,9,11,15H,6-8H2,1-3H3. The van der Waals surface area contributed by atoms with Gasteiger partial charge in [0.25, 0.3) is 0 Å². The first-order valence-electron chi connectivity index (χ1n) is 7.54. The smallest absolute Gasteiger partial charge is 0.411 e. The fourth-order valence-corrected chi connectivity index (χ4v) is 2.75. The molecule has 0 aromatic heterocycles. The number of ether oxygens (including phenoxy) is 1. The Morgan fingerprint density at radius 2 is 2.13 bits per heavy atom. The van der Waals surface area contributed by atoms with E-state index in [4.69, 9.17) is 4.74 Å². The molecule has 1 amide bonds. The number of benzene rings is 1. The molecule has 0 bridgehead atoms. The molecule has 1 aromatic rings. The average molecular weight is 322 g/mol. The Morgan fingerprint density at radius 3 is 2.74 bits per heavy atom. The van der Waals surface area contributed by atoms with E-state index in [9.17, 15) is 18.8 Å². The van der Waals surface area contributed by atoms with E-state index < -0.39 is 29.4 Å². The number of likely N-dealkylation sites (tertiary alicyclic amines) is 1. The summed E-state index contributed by atoms with van der Waals surface area (Å²) in [5.41, 5.74) is -0.426. The van der Waals surface area contributed by atoms with Gasteiger partial charge in [0, 0.05) is 6.54 Å². The highest BCUT2D eigenvalue weighted by Crippen LogP contribution is 2.29. The summed E-state index contributed by atoms with van der Waals surface area (Å²) in [7, 11) is 0. The maximum atomic E-state index is 13.8. The van der Waals surface area contributed by atoms with Gasteiger partial charge in [-0.05, 0) is 63.3 Å². The number of rotatable bonds is 2. The molecule has 1 aliphatic rings. The van der Waals surface area contributed by atoms with Crippen LogP contribution in [0.2, 0.25) is 0 Å². The molecule has 2 atom stereocenters. The van der Waals surface area contributed by atoms with Crippen LogP contribution in [0.25, 0.3) is 0 Å². The van der Waals surface area contributed by atoms with Crippen LogP contribution >= 0.6 is 0 Å². The van der Waals surface area contributed by atoms with Gasteiger partial charge in [0.1, 0.15) is 23.3 Å². The van der Waals surface area contributed by atoms with Crippen LogP contribution < -0.4 is 0 Å². The topological polar surface area (TPSA) is 53.3 Å². The second-order valence-corrected chi connectivity index (χ2v) is 6.74. The molecule has 4 nitrogen and oxygen atoms in total. The molecule has 1 aromatic carbocycles. The van der Waals surface area contributed by atoms with Gasteiger partial charge in [0.15, 0.2) is 0 Å². The van der Waals surface area contributed by atoms with Gasteiger partial charge in [-0.15, -0.1) is 0 Å². The second kappa shape index (κ2) is 6.53. The molecule has 1 saturated heterocycles. The molecule has 2 rings (SSSR count). The van der Waals surface area contributed by atoms with Crippen molar-refractivity contribution in [2.75, 3.05) is 6.54 Å². The van der Waals surface area contributed by atoms with Crippen molar-refractivity contribution in [1.29, 1.82) is 5.26 Å². The van der Waals surface area contributed by atoms with Crippen LogP contribution in [0.1, 0.15) is 32.8 Å². The number of carbonyl (C=O) groups excluding carboxylic acids is 1. The zero-order valence-corrected chi connectivity index (χ0v) is 13.5. The highest BCUT2D eigenvalue weighted by molar-refractivity contribution is 5.69. The fourth-order valence-electron chi connectivity index (χ4n) is 2.75. The lowest BCUT2D eigenvalue weighted by Gasteiger charge is -2.27. The van der Waals surface area contributed by atoms with Crippen LogP contribution in [0.5, 0.6) is 0 Å². The lowest BCUT2D eigenvalue weighted by molar-refractivity contribution is 0.0247. The van der Waals surface area contributed by atoms with Gasteiger partial charge in [0.05, 0.1) is 6.07 Å². The first-order chi connectivity index (χ1) is 10.7. The number of nitriles is 1. The average Bonchev–Trinajstić information content (AvgIpc) is 2.84. The lowest BCUT2D eigenvalue weighted by atomic mass is 9.93. The number of hydrogen-bond donors (Lipinski definition) is 0. The van der Waals surface area contributed by atoms with Crippen LogP contribution in [0, 0.1) is 28.9 Å². The number of halogens is 2. The second-order valence-electron chi connectivity index (χ2n) is 6.74. The van der Waals surface area contributed by atoms with Crippen LogP contribution in [-0.2, 0) is 11.2 Å². The Balaban J connectivity index is 2.12. The lowest BCUT2D eigenvalue weighted by Crippen LogP contribution is -2.41. The molecule has 6 heteroatoms. The van der Waals surface area contributed by atoms with E-state index in [1.54, 1.807) is 20.8 Å². The van der Waals surface area contributed by atoms with Gasteiger partial charge in [-0.1, -0.05) is 0 Å². The number of carbonyl (C=O) groups is 1. The normalized spacial score (nSPS) is 21.1. The molecule has 0 saturated carbocycles. The van der Waals surface area contributed by atoms with Gasteiger partial charge in [0.2, 0.25) is 0 Å². The molecular formula is C17H20F2N2O2. The molecule has 2 unspecified atom stereocenters. The first kappa shape index (κ1) is 17.2. The molecule has 1 aliphatic heterocycles. The van der Waals surface area contributed by atoms with Crippen molar-refractivity contribution >= 4 is 6.09 Å². The van der Waals surface area contributed by atoms with Gasteiger partial charge in [-0.3, -0.25) is 4.90 Å². The van der Waals surface area contributed by atoms with E-state index in [0.717, 1.165) is 18.2 Å². The summed E-state index contributed by atoms with van der Waals surface area (Å²) >= 11 is 0. The third kappa shape index (κ3) is 4.19. The predicted octanol–water partition coefficient (Wildman–Crippen LogP) is 3.66. The molecule has 23 heavy (non-hydrogen) atoms. The monoisotopic (exact) mass is 322 g/mol. The largest absolute Gasteiger partial charge is 0.444 e. The Kier molecular flexibility index (Phi) is 4.88. The Morgan fingerprint density at radius 1 is 1.43 bits per heavy atom. The van der Waals surface area contributed by atoms with Crippen molar-refractivity contribution in [2.45, 2.75) is 45.3 Å². The highest BCUT2D eigenvalue weighted by atomic mass is 19.1. The summed E-state index contributed by atoms with van der Waals surface area (Å²) < 4.78 is 32.3. The van der Waals surface area contributed by atoms with E-state index in [1.165, 1.54) is 4.90 Å². The van der Waals surface area contributed by atoms with Crippen LogP contribution in [0.15, 0.2) is 18.2 Å². The highest BCUT2D eigenvalue weighted by Gasteiger charge is 2.39. The number of hydrogen-bond acceptors (Lipinski definition) is 3. The van der Waals surface area contributed by atoms with E-state index in [1.807, 2.05) is 0 Å². The minimum Gasteiger partial charge on any atom is -0.444 e. The maximum absolute atomic E-state index is 13.8. The molecule has 0 aliphatic carbocycles. The van der Waals surface area contributed by atoms with Crippen LogP contribution in [-0.4, -0.2) is 29.2 Å². The molecule has 0 spiro atoms. The number of nitrogens with zero attached hydrogens (tertiary/aromatic N) is 2. The summed E-state index contributed by atoms with van der Waals surface area (Å²) in [5.74, 6) is -1.26. The van der Waals surface area contributed by atoms with Crippen molar-refractivity contribution in [2.24, 2.45) is 5.92 Å². The van der Waals surface area contributed by atoms with Gasteiger partial charge in [-0.2, -0.15) is 5.26 Å². The molecular weight excluding hydrogens is 302 g/mol. The summed E-state index contributed by atoms with van der Waals surface area (Å²) in [6.45, 7) is 5.63. The Hall–Kier alpha value is -2.16. The minimum absolute atomic E-state index is 0.209. The van der Waals surface area contributed by atoms with E-state index in [-0.39, 0.29) is 17.9 Å². The van der Waals surface area contributed by atoms with Crippen molar-refractivity contribution in [3.05, 3.63) is 35.4 Å². The number of amides is 1. The molecule has 0 radical (unpaired) electrons. The third-order valence-electron chi connectivity index (χ3n) is 3.77. The zero-order chi connectivity index (χ0) is 17.2. The summed E-state index contributed by atoms with van der Waals surface area (Å²) in [6, 6.07) is 4.67. The van der Waals surface area contributed by atoms with Crippen LogP contribution in [0.4, 0.5) is 13.6 Å². The fraction of sp³-hybridized carbons (Fsp3) is 0.529. The van der Waals surface area contributed by atoms with E-state index >= 15 is 0 Å². The van der Waals surface area contributed by atoms with Crippen molar-refractivity contribution < 1.29 is 18.3 Å². The van der Waals surface area contributed by atoms with Gasteiger partial charge >= 0.3 is 6.09 Å². The van der Waals surface area contributed by atoms with Crippen molar-refractivity contribution in [3.8, 4) is 6.07 Å². The van der Waals surface area contributed by atoms with Crippen LogP contribution in [0.3, 0.4) is 0 Å². The van der Waals surface area contributed by atoms with E-state index in [0.29, 0.717) is 13.0 Å². The Bertz CT molecular complexity index is 634. The molecule has 124 valence electrons. The van der Waals surface area contributed by atoms with Gasteiger partial charge < -0.3 is 4.74 Å². The molecule has 1 heterocycles. The van der Waals surface area contributed by atoms with Crippen molar-refractivity contribution in [1.82, 2.24) is 4.90 Å². The SMILES string of the molecule is CC(C)(C)OC(=O)N1CCC(Cc2cc(F)ccc2F)C1C#N. The minimum atomic E-state index is -0.701. The van der Waals surface area contributed by atoms with E-state index in [2.05, 4.69) is 6.07 Å². The summed E-state index contributed by atoms with van der Waals surface area (Å²) in [6.07, 6.45) is 0.209.